The molecule has 3 aromatic heterocycles. The number of hydrogen-bond acceptors (Lipinski definition) is 7. The molecule has 0 bridgehead atoms. The van der Waals surface area contributed by atoms with Gasteiger partial charge in [-0.15, -0.1) is 11.3 Å². The average molecular weight is 395 g/mol. The molecule has 1 saturated carbocycles. The van der Waals surface area contributed by atoms with Crippen LogP contribution in [0.3, 0.4) is 0 Å². The molecule has 5 rings (SSSR count). The Bertz CT molecular complexity index is 1020. The lowest BCUT2D eigenvalue weighted by Crippen LogP contribution is -2.44. The maximum atomic E-state index is 12.7. The van der Waals surface area contributed by atoms with Gasteiger partial charge in [-0.3, -0.25) is 9.78 Å². The maximum absolute atomic E-state index is 12.7. The fourth-order valence-electron chi connectivity index (χ4n) is 3.86. The number of rotatable bonds is 4. The van der Waals surface area contributed by atoms with E-state index in [0.29, 0.717) is 17.3 Å². The summed E-state index contributed by atoms with van der Waals surface area (Å²) in [5.74, 6) is 0.823. The molecule has 0 spiro atoms. The van der Waals surface area contributed by atoms with Crippen molar-refractivity contribution in [3.05, 3.63) is 46.4 Å². The van der Waals surface area contributed by atoms with Crippen LogP contribution in [-0.4, -0.2) is 21.0 Å². The first-order valence-electron chi connectivity index (χ1n) is 9.63. The van der Waals surface area contributed by atoms with Crippen molar-refractivity contribution in [1.29, 1.82) is 0 Å². The molecule has 1 fully saturated rings. The van der Waals surface area contributed by atoms with Gasteiger partial charge in [0.2, 0.25) is 0 Å². The second-order valence-electron chi connectivity index (χ2n) is 7.54. The van der Waals surface area contributed by atoms with E-state index in [9.17, 15) is 4.79 Å². The predicted octanol–water partition coefficient (Wildman–Crippen LogP) is 3.66. The highest BCUT2D eigenvalue weighted by Crippen LogP contribution is 2.45. The number of amides is 1. The van der Waals surface area contributed by atoms with Crippen LogP contribution in [0.25, 0.3) is 11.5 Å². The van der Waals surface area contributed by atoms with Crippen LogP contribution in [0.1, 0.15) is 58.7 Å². The monoisotopic (exact) mass is 395 g/mol. The summed E-state index contributed by atoms with van der Waals surface area (Å²) in [4.78, 5) is 22.6. The Morgan fingerprint density at radius 3 is 2.86 bits per heavy atom. The lowest BCUT2D eigenvalue weighted by Gasteiger charge is -2.34. The third-order valence-corrected chi connectivity index (χ3v) is 6.86. The van der Waals surface area contributed by atoms with E-state index < -0.39 is 5.54 Å². The van der Waals surface area contributed by atoms with E-state index in [2.05, 4.69) is 20.4 Å². The summed E-state index contributed by atoms with van der Waals surface area (Å²) < 4.78 is 5.63. The third kappa shape index (κ3) is 2.93. The molecule has 3 N–H and O–H groups in total. The molecule has 3 aromatic rings. The molecule has 0 radical (unpaired) electrons. The van der Waals surface area contributed by atoms with E-state index in [4.69, 9.17) is 10.3 Å². The molecule has 0 aliphatic heterocycles. The molecule has 0 atom stereocenters. The van der Waals surface area contributed by atoms with Gasteiger partial charge in [-0.2, -0.15) is 4.98 Å². The van der Waals surface area contributed by atoms with Crippen LogP contribution in [0.2, 0.25) is 0 Å². The van der Waals surface area contributed by atoms with Crippen molar-refractivity contribution in [2.24, 2.45) is 5.73 Å². The van der Waals surface area contributed by atoms with Gasteiger partial charge in [-0.1, -0.05) is 5.16 Å². The number of nitrogens with two attached hydrogens (primary N) is 1. The van der Waals surface area contributed by atoms with Gasteiger partial charge in [0.05, 0.1) is 16.7 Å². The molecule has 2 aliphatic rings. The Kier molecular flexibility index (Phi) is 4.25. The first-order valence-corrected chi connectivity index (χ1v) is 10.4. The highest BCUT2D eigenvalue weighted by Gasteiger charge is 2.39. The molecule has 1 amide bonds. The number of thiophene rings is 1. The number of anilines is 1. The first-order chi connectivity index (χ1) is 13.6. The molecule has 28 heavy (non-hydrogen) atoms. The Labute approximate surface area is 166 Å². The second-order valence-corrected chi connectivity index (χ2v) is 8.65. The Balaban J connectivity index is 1.53. The van der Waals surface area contributed by atoms with Gasteiger partial charge in [0.1, 0.15) is 5.00 Å². The summed E-state index contributed by atoms with van der Waals surface area (Å²) >= 11 is 1.60. The molecular weight excluding hydrogens is 374 g/mol. The number of aryl methyl sites for hydroxylation is 1. The fraction of sp³-hybridized carbons (Fsp3) is 0.400. The normalized spacial score (nSPS) is 17.6. The summed E-state index contributed by atoms with van der Waals surface area (Å²) in [5.41, 5.74) is 8.48. The van der Waals surface area contributed by atoms with E-state index >= 15 is 0 Å². The molecule has 3 heterocycles. The molecule has 0 aromatic carbocycles. The number of aromatic nitrogens is 3. The van der Waals surface area contributed by atoms with Crippen molar-refractivity contribution in [2.75, 3.05) is 5.32 Å². The smallest absolute Gasteiger partial charge is 0.261 e. The van der Waals surface area contributed by atoms with Crippen molar-refractivity contribution < 1.29 is 9.32 Å². The molecule has 144 valence electrons. The van der Waals surface area contributed by atoms with Crippen LogP contribution in [-0.2, 0) is 18.4 Å². The van der Waals surface area contributed by atoms with Gasteiger partial charge in [0.25, 0.3) is 11.8 Å². The Morgan fingerprint density at radius 2 is 2.11 bits per heavy atom. The summed E-state index contributed by atoms with van der Waals surface area (Å²) in [6.45, 7) is 0. The summed E-state index contributed by atoms with van der Waals surface area (Å²) in [7, 11) is 0. The Hall–Kier alpha value is -2.58. The minimum atomic E-state index is -0.475. The van der Waals surface area contributed by atoms with Crippen LogP contribution in [0.15, 0.2) is 29.0 Å². The standard InChI is InChI=1S/C20H21N5O2S/c21-20(8-4-9-20)19-24-17(27-25-19)15-13-6-1-2-7-14(13)28-18(15)23-16(26)12-5-3-10-22-11-12/h3,5,10-11H,1-2,4,6-9,21H2,(H,23,26). The lowest BCUT2D eigenvalue weighted by atomic mass is 9.77. The molecule has 0 saturated heterocycles. The minimum Gasteiger partial charge on any atom is -0.334 e. The highest BCUT2D eigenvalue weighted by molar-refractivity contribution is 7.17. The van der Waals surface area contributed by atoms with Crippen LogP contribution in [0, 0.1) is 0 Å². The number of nitrogens with zero attached hydrogens (tertiary/aromatic N) is 3. The average Bonchev–Trinajstić information content (AvgIpc) is 3.31. The van der Waals surface area contributed by atoms with Crippen LogP contribution in [0.4, 0.5) is 5.00 Å². The largest absolute Gasteiger partial charge is 0.334 e. The van der Waals surface area contributed by atoms with Crippen LogP contribution >= 0.6 is 11.3 Å². The molecule has 2 aliphatic carbocycles. The van der Waals surface area contributed by atoms with Gasteiger partial charge < -0.3 is 15.6 Å². The van der Waals surface area contributed by atoms with E-state index in [-0.39, 0.29) is 5.91 Å². The van der Waals surface area contributed by atoms with E-state index in [1.807, 2.05) is 0 Å². The van der Waals surface area contributed by atoms with E-state index in [0.717, 1.165) is 55.5 Å². The van der Waals surface area contributed by atoms with Gasteiger partial charge in [0.15, 0.2) is 5.82 Å². The fourth-order valence-corrected chi connectivity index (χ4v) is 5.14. The quantitative estimate of drug-likeness (QED) is 0.698. The lowest BCUT2D eigenvalue weighted by molar-refractivity contribution is 0.102. The van der Waals surface area contributed by atoms with Crippen molar-refractivity contribution in [2.45, 2.75) is 50.5 Å². The van der Waals surface area contributed by atoms with Gasteiger partial charge >= 0.3 is 0 Å². The predicted molar refractivity (Wildman–Crippen MR) is 106 cm³/mol. The minimum absolute atomic E-state index is 0.193. The summed E-state index contributed by atoms with van der Waals surface area (Å²) in [5, 5.41) is 7.96. The second kappa shape index (κ2) is 6.79. The van der Waals surface area contributed by atoms with Crippen molar-refractivity contribution in [3.63, 3.8) is 0 Å². The third-order valence-electron chi connectivity index (χ3n) is 5.65. The van der Waals surface area contributed by atoms with Crippen LogP contribution in [0.5, 0.6) is 0 Å². The summed E-state index contributed by atoms with van der Waals surface area (Å²) in [6.07, 6.45) is 10.3. The number of fused-ring (bicyclic) bond motifs is 1. The number of hydrogen-bond donors (Lipinski definition) is 2. The number of pyridine rings is 1. The van der Waals surface area contributed by atoms with Crippen molar-refractivity contribution >= 4 is 22.2 Å². The van der Waals surface area contributed by atoms with Crippen molar-refractivity contribution in [1.82, 2.24) is 15.1 Å². The maximum Gasteiger partial charge on any atom is 0.261 e. The zero-order valence-corrected chi connectivity index (χ0v) is 16.2. The molecule has 7 nitrogen and oxygen atoms in total. The van der Waals surface area contributed by atoms with E-state index in [1.54, 1.807) is 35.9 Å². The van der Waals surface area contributed by atoms with Gasteiger partial charge in [-0.05, 0) is 62.6 Å². The van der Waals surface area contributed by atoms with Gasteiger partial charge in [0, 0.05) is 17.3 Å². The SMILES string of the molecule is NC1(c2noc(-c3c(NC(=O)c4cccnc4)sc4c3CCCC4)n2)CCC1. The zero-order chi connectivity index (χ0) is 19.1. The first kappa shape index (κ1) is 17.5. The number of nitrogens with one attached hydrogen (secondary N) is 1. The topological polar surface area (TPSA) is 107 Å². The molecular formula is C20H21N5O2S. The summed E-state index contributed by atoms with van der Waals surface area (Å²) in [6, 6.07) is 3.49. The van der Waals surface area contributed by atoms with Crippen LogP contribution < -0.4 is 11.1 Å². The highest BCUT2D eigenvalue weighted by atomic mass is 32.1. The zero-order valence-electron chi connectivity index (χ0n) is 15.4. The number of carbonyl (C=O) groups excluding carboxylic acids is 1. The van der Waals surface area contributed by atoms with Gasteiger partial charge in [-0.25, -0.2) is 0 Å². The molecule has 0 unspecified atom stereocenters. The van der Waals surface area contributed by atoms with E-state index in [1.165, 1.54) is 10.4 Å². The number of carbonyl (C=O) groups is 1. The van der Waals surface area contributed by atoms with Crippen molar-refractivity contribution in [3.8, 4) is 11.5 Å². The molecule has 8 heteroatoms. The Morgan fingerprint density at radius 1 is 1.25 bits per heavy atom.